The molecule has 3 atom stereocenters. The van der Waals surface area contributed by atoms with Gasteiger partial charge in [0.2, 0.25) is 5.91 Å². The van der Waals surface area contributed by atoms with Gasteiger partial charge in [-0.2, -0.15) is 0 Å². The largest absolute Gasteiger partial charge is 0.342 e. The number of fused-ring (bicyclic) bond motifs is 1. The van der Waals surface area contributed by atoms with E-state index in [9.17, 15) is 14.9 Å². The number of amides is 1. The number of carbonyl (C=O) groups excluding carboxylic acids is 1. The third kappa shape index (κ3) is 2.62. The molecule has 2 aliphatic rings. The summed E-state index contributed by atoms with van der Waals surface area (Å²) in [6, 6.07) is 7.02. The Morgan fingerprint density at radius 3 is 2.67 bits per heavy atom. The Bertz CT molecular complexity index is 560. The molecule has 7 heteroatoms. The van der Waals surface area contributed by atoms with Gasteiger partial charge in [-0.15, -0.1) is 0 Å². The molecular formula is C14H18N4O3. The van der Waals surface area contributed by atoms with Crippen LogP contribution in [0.4, 0.5) is 5.69 Å². The van der Waals surface area contributed by atoms with Crippen molar-refractivity contribution in [2.24, 2.45) is 5.92 Å². The molecular weight excluding hydrogens is 272 g/mol. The minimum Gasteiger partial charge on any atom is -0.342 e. The first-order chi connectivity index (χ1) is 10.1. The molecule has 2 aliphatic heterocycles. The number of nitrogens with one attached hydrogen (secondary N) is 2. The smallest absolute Gasteiger partial charge is 0.269 e. The molecule has 2 N–H and O–H groups in total. The minimum absolute atomic E-state index is 0.0676. The average Bonchev–Trinajstić information content (AvgIpc) is 2.90. The van der Waals surface area contributed by atoms with E-state index in [1.54, 1.807) is 19.1 Å². The number of likely N-dealkylation sites (tertiary alicyclic amines) is 1. The lowest BCUT2D eigenvalue weighted by atomic mass is 9.85. The van der Waals surface area contributed by atoms with Gasteiger partial charge in [-0.25, -0.2) is 5.43 Å². The molecule has 7 nitrogen and oxygen atoms in total. The van der Waals surface area contributed by atoms with Crippen molar-refractivity contribution in [1.29, 1.82) is 0 Å². The molecule has 0 bridgehead atoms. The van der Waals surface area contributed by atoms with Gasteiger partial charge >= 0.3 is 0 Å². The Morgan fingerprint density at radius 1 is 1.33 bits per heavy atom. The summed E-state index contributed by atoms with van der Waals surface area (Å²) >= 11 is 0. The number of nitrogens with zero attached hydrogens (tertiary/aromatic N) is 2. The van der Waals surface area contributed by atoms with E-state index in [1.165, 1.54) is 12.1 Å². The first-order valence-corrected chi connectivity index (χ1v) is 7.07. The van der Waals surface area contributed by atoms with Crippen LogP contribution in [0.25, 0.3) is 0 Å². The molecule has 2 fully saturated rings. The first kappa shape index (κ1) is 14.0. The number of piperidine rings is 1. The Balaban J connectivity index is 1.79. The van der Waals surface area contributed by atoms with Gasteiger partial charge in [0.15, 0.2) is 0 Å². The molecule has 112 valence electrons. The Labute approximate surface area is 122 Å². The molecule has 0 aromatic heterocycles. The van der Waals surface area contributed by atoms with Crippen LogP contribution in [0.15, 0.2) is 24.3 Å². The van der Waals surface area contributed by atoms with Crippen LogP contribution in [0.5, 0.6) is 0 Å². The third-order valence-electron chi connectivity index (χ3n) is 4.42. The van der Waals surface area contributed by atoms with Crippen LogP contribution in [0.1, 0.15) is 24.9 Å². The SMILES string of the molecule is CC(=O)N1CCC2NNC(c3ccc([N+](=O)[O-])cc3)C2C1. The fourth-order valence-electron chi connectivity index (χ4n) is 3.22. The molecule has 2 saturated heterocycles. The fourth-order valence-corrected chi connectivity index (χ4v) is 3.22. The van der Waals surface area contributed by atoms with Crippen molar-refractivity contribution >= 4 is 11.6 Å². The molecule has 1 amide bonds. The number of hydrogen-bond acceptors (Lipinski definition) is 5. The van der Waals surface area contributed by atoms with Crippen LogP contribution >= 0.6 is 0 Å². The molecule has 1 aromatic carbocycles. The van der Waals surface area contributed by atoms with Gasteiger partial charge in [0, 0.05) is 44.1 Å². The molecule has 0 aliphatic carbocycles. The van der Waals surface area contributed by atoms with Crippen molar-refractivity contribution in [3.05, 3.63) is 39.9 Å². The number of benzene rings is 1. The lowest BCUT2D eigenvalue weighted by molar-refractivity contribution is -0.384. The van der Waals surface area contributed by atoms with Gasteiger partial charge in [-0.05, 0) is 12.0 Å². The Morgan fingerprint density at radius 2 is 2.05 bits per heavy atom. The highest BCUT2D eigenvalue weighted by molar-refractivity contribution is 5.73. The number of nitro benzene ring substituents is 1. The van der Waals surface area contributed by atoms with E-state index in [4.69, 9.17) is 0 Å². The lowest BCUT2D eigenvalue weighted by Crippen LogP contribution is -2.47. The van der Waals surface area contributed by atoms with Crippen molar-refractivity contribution in [2.75, 3.05) is 13.1 Å². The van der Waals surface area contributed by atoms with Crippen LogP contribution in [0.3, 0.4) is 0 Å². The molecule has 21 heavy (non-hydrogen) atoms. The van der Waals surface area contributed by atoms with Crippen molar-refractivity contribution in [1.82, 2.24) is 15.8 Å². The first-order valence-electron chi connectivity index (χ1n) is 7.07. The Hall–Kier alpha value is -1.99. The summed E-state index contributed by atoms with van der Waals surface area (Å²) in [4.78, 5) is 23.7. The lowest BCUT2D eigenvalue weighted by Gasteiger charge is -2.35. The summed E-state index contributed by atoms with van der Waals surface area (Å²) in [6.45, 7) is 3.08. The molecule has 0 radical (unpaired) electrons. The highest BCUT2D eigenvalue weighted by Gasteiger charge is 2.41. The standard InChI is InChI=1S/C14H18N4O3/c1-9(19)17-7-6-13-12(8-17)14(16-15-13)10-2-4-11(5-3-10)18(20)21/h2-5,12-16H,6-8H2,1H3. The number of nitro groups is 1. The molecule has 2 heterocycles. The van der Waals surface area contributed by atoms with Gasteiger partial charge in [0.1, 0.15) is 0 Å². The number of non-ortho nitro benzene ring substituents is 1. The summed E-state index contributed by atoms with van der Waals surface area (Å²) in [6.07, 6.45) is 0.917. The van der Waals surface area contributed by atoms with Gasteiger partial charge in [-0.3, -0.25) is 20.3 Å². The van der Waals surface area contributed by atoms with E-state index >= 15 is 0 Å². The van der Waals surface area contributed by atoms with E-state index in [1.807, 2.05) is 4.90 Å². The highest BCUT2D eigenvalue weighted by Crippen LogP contribution is 2.34. The predicted molar refractivity (Wildman–Crippen MR) is 76.3 cm³/mol. The van der Waals surface area contributed by atoms with E-state index in [0.29, 0.717) is 12.6 Å². The number of hydrogen-bond donors (Lipinski definition) is 2. The summed E-state index contributed by atoms with van der Waals surface area (Å²) < 4.78 is 0. The summed E-state index contributed by atoms with van der Waals surface area (Å²) in [5.41, 5.74) is 7.65. The summed E-state index contributed by atoms with van der Waals surface area (Å²) in [5.74, 6) is 0.381. The molecule has 3 unspecified atom stereocenters. The monoisotopic (exact) mass is 290 g/mol. The number of carbonyl (C=O) groups is 1. The fraction of sp³-hybridized carbons (Fsp3) is 0.500. The van der Waals surface area contributed by atoms with E-state index in [2.05, 4.69) is 10.9 Å². The van der Waals surface area contributed by atoms with Crippen LogP contribution in [-0.2, 0) is 4.79 Å². The van der Waals surface area contributed by atoms with Gasteiger partial charge in [0.05, 0.1) is 11.0 Å². The zero-order valence-electron chi connectivity index (χ0n) is 11.8. The molecule has 1 aromatic rings. The Kier molecular flexibility index (Phi) is 3.60. The maximum Gasteiger partial charge on any atom is 0.269 e. The maximum atomic E-state index is 11.6. The molecule has 0 spiro atoms. The summed E-state index contributed by atoms with van der Waals surface area (Å²) in [7, 11) is 0. The van der Waals surface area contributed by atoms with Crippen LogP contribution in [-0.4, -0.2) is 34.9 Å². The van der Waals surface area contributed by atoms with Crippen molar-refractivity contribution < 1.29 is 9.72 Å². The number of hydrazine groups is 1. The second-order valence-corrected chi connectivity index (χ2v) is 5.64. The van der Waals surface area contributed by atoms with Gasteiger partial charge in [-0.1, -0.05) is 12.1 Å². The van der Waals surface area contributed by atoms with Crippen LogP contribution < -0.4 is 10.9 Å². The summed E-state index contributed by atoms with van der Waals surface area (Å²) in [5, 5.41) is 10.7. The van der Waals surface area contributed by atoms with E-state index in [0.717, 1.165) is 18.5 Å². The van der Waals surface area contributed by atoms with E-state index in [-0.39, 0.29) is 23.6 Å². The van der Waals surface area contributed by atoms with Crippen molar-refractivity contribution in [3.63, 3.8) is 0 Å². The topological polar surface area (TPSA) is 87.5 Å². The van der Waals surface area contributed by atoms with Crippen molar-refractivity contribution in [2.45, 2.75) is 25.4 Å². The maximum absolute atomic E-state index is 11.6. The normalized spacial score (nSPS) is 28.2. The van der Waals surface area contributed by atoms with E-state index < -0.39 is 4.92 Å². The van der Waals surface area contributed by atoms with Gasteiger partial charge < -0.3 is 4.90 Å². The van der Waals surface area contributed by atoms with Crippen molar-refractivity contribution in [3.8, 4) is 0 Å². The van der Waals surface area contributed by atoms with Gasteiger partial charge in [0.25, 0.3) is 5.69 Å². The zero-order valence-corrected chi connectivity index (χ0v) is 11.8. The number of rotatable bonds is 2. The second-order valence-electron chi connectivity index (χ2n) is 5.64. The zero-order chi connectivity index (χ0) is 15.0. The van der Waals surface area contributed by atoms with Crippen LogP contribution in [0, 0.1) is 16.0 Å². The minimum atomic E-state index is -0.398. The van der Waals surface area contributed by atoms with Crippen LogP contribution in [0.2, 0.25) is 0 Å². The molecule has 0 saturated carbocycles. The highest BCUT2D eigenvalue weighted by atomic mass is 16.6. The average molecular weight is 290 g/mol. The predicted octanol–water partition coefficient (Wildman–Crippen LogP) is 0.981. The quantitative estimate of drug-likeness (QED) is 0.626. The third-order valence-corrected chi connectivity index (χ3v) is 4.42. The molecule has 3 rings (SSSR count). The second kappa shape index (κ2) is 5.42.